The van der Waals surface area contributed by atoms with Crippen LogP contribution in [0.3, 0.4) is 0 Å². The number of allylic oxidation sites excluding steroid dienone is 1. The minimum absolute atomic E-state index is 0.0320. The van der Waals surface area contributed by atoms with Crippen LogP contribution >= 0.6 is 11.8 Å². The molecule has 0 atom stereocenters. The number of nitrogens with zero attached hydrogens (tertiary/aromatic N) is 1. The summed E-state index contributed by atoms with van der Waals surface area (Å²) < 4.78 is 0. The number of nitrogens with two attached hydrogens (primary N) is 1. The quantitative estimate of drug-likeness (QED) is 0.526. The molecular formula is C26H32N4O2S. The van der Waals surface area contributed by atoms with Crippen LogP contribution in [-0.2, 0) is 11.3 Å². The number of hydrogen-bond donors (Lipinski definition) is 3. The Morgan fingerprint density at radius 2 is 1.94 bits per heavy atom. The van der Waals surface area contributed by atoms with Crippen molar-refractivity contribution in [1.29, 1.82) is 0 Å². The van der Waals surface area contributed by atoms with Gasteiger partial charge in [0.15, 0.2) is 0 Å². The van der Waals surface area contributed by atoms with E-state index in [1.54, 1.807) is 11.8 Å². The van der Waals surface area contributed by atoms with Crippen LogP contribution in [0, 0.1) is 0 Å². The van der Waals surface area contributed by atoms with Gasteiger partial charge in [0.1, 0.15) is 0 Å². The van der Waals surface area contributed by atoms with Crippen molar-refractivity contribution in [1.82, 2.24) is 10.2 Å². The molecule has 2 heterocycles. The highest BCUT2D eigenvalue weighted by atomic mass is 32.2. The Hall–Kier alpha value is -2.77. The van der Waals surface area contributed by atoms with E-state index in [0.717, 1.165) is 48.4 Å². The van der Waals surface area contributed by atoms with Crippen LogP contribution in [0.5, 0.6) is 0 Å². The summed E-state index contributed by atoms with van der Waals surface area (Å²) in [4.78, 5) is 28.7. The number of piperidine rings is 1. The van der Waals surface area contributed by atoms with Crippen LogP contribution in [0.2, 0.25) is 0 Å². The number of amides is 2. The molecule has 6 nitrogen and oxygen atoms in total. The molecule has 1 spiro atoms. The van der Waals surface area contributed by atoms with Gasteiger partial charge in [-0.15, -0.1) is 11.8 Å². The molecular weight excluding hydrogens is 432 g/mol. The van der Waals surface area contributed by atoms with Gasteiger partial charge >= 0.3 is 0 Å². The molecule has 2 amide bonds. The zero-order chi connectivity index (χ0) is 23.4. The summed E-state index contributed by atoms with van der Waals surface area (Å²) in [6.07, 6.45) is 7.78. The van der Waals surface area contributed by atoms with Gasteiger partial charge in [0.25, 0.3) is 5.91 Å². The number of carbonyl (C=O) groups is 2. The molecule has 2 aliphatic heterocycles. The average Bonchev–Trinajstić information content (AvgIpc) is 2.79. The maximum absolute atomic E-state index is 12.9. The number of nitrogens with one attached hydrogen (secondary N) is 2. The van der Waals surface area contributed by atoms with E-state index in [2.05, 4.69) is 23.6 Å². The van der Waals surface area contributed by atoms with E-state index in [4.69, 9.17) is 5.73 Å². The topological polar surface area (TPSA) is 87.5 Å². The van der Waals surface area contributed by atoms with Crippen LogP contribution in [0.25, 0.3) is 4.91 Å². The lowest BCUT2D eigenvalue weighted by atomic mass is 9.81. The van der Waals surface area contributed by atoms with Crippen molar-refractivity contribution in [3.8, 4) is 0 Å². The molecule has 0 unspecified atom stereocenters. The van der Waals surface area contributed by atoms with E-state index < -0.39 is 0 Å². The number of hydrogen-bond acceptors (Lipinski definition) is 5. The van der Waals surface area contributed by atoms with Gasteiger partial charge in [0, 0.05) is 36.5 Å². The first-order valence-corrected chi connectivity index (χ1v) is 12.7. The van der Waals surface area contributed by atoms with E-state index in [1.807, 2.05) is 53.6 Å². The maximum atomic E-state index is 12.9. The standard InChI is InChI=1S/C26H32N4O2S/c1-3-5-23(33-2)20-11-12-21(27)22(14-20)29-25(32)19-9-7-18(8-10-19)15-30-24(31)6-4-13-26(30)16-28-17-26/h5,7-12,14,28H,3-4,6,13,15-17,27H2,1-2H3,(H,29,32)/b23-5-. The van der Waals surface area contributed by atoms with Crippen molar-refractivity contribution in [3.05, 3.63) is 65.2 Å². The summed E-state index contributed by atoms with van der Waals surface area (Å²) >= 11 is 1.67. The van der Waals surface area contributed by atoms with Gasteiger partial charge in [-0.05, 0) is 60.9 Å². The Morgan fingerprint density at radius 1 is 1.21 bits per heavy atom. The highest BCUT2D eigenvalue weighted by molar-refractivity contribution is 8.07. The highest BCUT2D eigenvalue weighted by Gasteiger charge is 2.46. The van der Waals surface area contributed by atoms with Gasteiger partial charge in [-0.1, -0.05) is 31.2 Å². The third kappa shape index (κ3) is 4.94. The van der Waals surface area contributed by atoms with Crippen molar-refractivity contribution in [2.75, 3.05) is 30.4 Å². The summed E-state index contributed by atoms with van der Waals surface area (Å²) in [5, 5.41) is 6.27. The lowest BCUT2D eigenvalue weighted by Crippen LogP contribution is -2.71. The van der Waals surface area contributed by atoms with Crippen molar-refractivity contribution < 1.29 is 9.59 Å². The monoisotopic (exact) mass is 464 g/mol. The molecule has 0 radical (unpaired) electrons. The van der Waals surface area contributed by atoms with E-state index in [9.17, 15) is 9.59 Å². The van der Waals surface area contributed by atoms with Gasteiger partial charge in [-0.2, -0.15) is 0 Å². The molecule has 0 bridgehead atoms. The molecule has 174 valence electrons. The number of nitrogen functional groups attached to an aromatic ring is 1. The molecule has 2 fully saturated rings. The summed E-state index contributed by atoms with van der Waals surface area (Å²) in [5.41, 5.74) is 9.87. The van der Waals surface area contributed by atoms with Crippen LogP contribution in [0.1, 0.15) is 54.1 Å². The molecule has 33 heavy (non-hydrogen) atoms. The van der Waals surface area contributed by atoms with Gasteiger partial charge in [0.2, 0.25) is 5.91 Å². The zero-order valence-corrected chi connectivity index (χ0v) is 20.1. The van der Waals surface area contributed by atoms with Gasteiger partial charge in [-0.3, -0.25) is 9.59 Å². The molecule has 4 rings (SSSR count). The molecule has 2 aromatic carbocycles. The van der Waals surface area contributed by atoms with Gasteiger partial charge in [-0.25, -0.2) is 0 Å². The van der Waals surface area contributed by atoms with Crippen molar-refractivity contribution >= 4 is 39.9 Å². The first kappa shape index (κ1) is 23.4. The second-order valence-corrected chi connectivity index (χ2v) is 9.64. The lowest BCUT2D eigenvalue weighted by Gasteiger charge is -2.53. The maximum Gasteiger partial charge on any atom is 0.255 e. The minimum Gasteiger partial charge on any atom is -0.397 e. The van der Waals surface area contributed by atoms with Gasteiger partial charge < -0.3 is 21.3 Å². The van der Waals surface area contributed by atoms with Crippen LogP contribution in [-0.4, -0.2) is 41.6 Å². The number of rotatable bonds is 7. The van der Waals surface area contributed by atoms with E-state index >= 15 is 0 Å². The predicted octanol–water partition coefficient (Wildman–Crippen LogP) is 4.49. The average molecular weight is 465 g/mol. The number of anilines is 2. The molecule has 0 aliphatic carbocycles. The fourth-order valence-corrected chi connectivity index (χ4v) is 5.30. The van der Waals surface area contributed by atoms with Crippen LogP contribution in [0.4, 0.5) is 11.4 Å². The van der Waals surface area contributed by atoms with Crippen molar-refractivity contribution in [2.24, 2.45) is 0 Å². The van der Waals surface area contributed by atoms with E-state index in [0.29, 0.717) is 29.9 Å². The molecule has 2 saturated heterocycles. The molecule has 7 heteroatoms. The van der Waals surface area contributed by atoms with Crippen LogP contribution in [0.15, 0.2) is 48.5 Å². The Kier molecular flexibility index (Phi) is 7.10. The third-order valence-corrected chi connectivity index (χ3v) is 7.41. The molecule has 4 N–H and O–H groups in total. The van der Waals surface area contributed by atoms with Crippen molar-refractivity contribution in [2.45, 2.75) is 44.7 Å². The Balaban J connectivity index is 1.46. The Morgan fingerprint density at radius 3 is 2.58 bits per heavy atom. The van der Waals surface area contributed by atoms with E-state index in [-0.39, 0.29) is 17.4 Å². The first-order chi connectivity index (χ1) is 16.0. The molecule has 2 aliphatic rings. The smallest absolute Gasteiger partial charge is 0.255 e. The molecule has 0 saturated carbocycles. The normalized spacial score (nSPS) is 17.7. The Labute approximate surface area is 200 Å². The largest absolute Gasteiger partial charge is 0.397 e. The molecule has 2 aromatic rings. The zero-order valence-electron chi connectivity index (χ0n) is 19.3. The van der Waals surface area contributed by atoms with Crippen LogP contribution < -0.4 is 16.4 Å². The summed E-state index contributed by atoms with van der Waals surface area (Å²) in [6, 6.07) is 13.2. The fraction of sp³-hybridized carbons (Fsp3) is 0.385. The molecule has 0 aromatic heterocycles. The second-order valence-electron chi connectivity index (χ2n) is 8.80. The minimum atomic E-state index is -0.204. The summed E-state index contributed by atoms with van der Waals surface area (Å²) in [5.74, 6) is 0.0194. The third-order valence-electron chi connectivity index (χ3n) is 6.57. The lowest BCUT2D eigenvalue weighted by molar-refractivity contribution is -0.146. The highest BCUT2D eigenvalue weighted by Crippen LogP contribution is 2.34. The second kappa shape index (κ2) is 10.0. The van der Waals surface area contributed by atoms with E-state index in [1.165, 1.54) is 0 Å². The predicted molar refractivity (Wildman–Crippen MR) is 137 cm³/mol. The number of thioether (sulfide) groups is 1. The Bertz CT molecular complexity index is 1060. The fourth-order valence-electron chi connectivity index (χ4n) is 4.60. The number of benzene rings is 2. The van der Waals surface area contributed by atoms with Gasteiger partial charge in [0.05, 0.1) is 16.9 Å². The van der Waals surface area contributed by atoms with Crippen molar-refractivity contribution in [3.63, 3.8) is 0 Å². The number of carbonyl (C=O) groups excluding carboxylic acids is 2. The first-order valence-electron chi connectivity index (χ1n) is 11.5. The SMILES string of the molecule is CC/C=C(\SC)c1ccc(N)c(NC(=O)c2ccc(CN3C(=O)CCCC34CNC4)cc2)c1. The summed E-state index contributed by atoms with van der Waals surface area (Å²) in [7, 11) is 0. The summed E-state index contributed by atoms with van der Waals surface area (Å²) in [6.45, 7) is 4.42. The number of likely N-dealkylation sites (tertiary alicyclic amines) is 1.